The van der Waals surface area contributed by atoms with Gasteiger partial charge in [0.05, 0.1) is 6.21 Å². The second-order valence-electron chi connectivity index (χ2n) is 8.55. The second-order valence-corrected chi connectivity index (χ2v) is 8.55. The van der Waals surface area contributed by atoms with Crippen molar-refractivity contribution in [1.29, 1.82) is 0 Å². The largest absolute Gasteiger partial charge is 0.351 e. The lowest BCUT2D eigenvalue weighted by Gasteiger charge is -2.34. The Labute approximate surface area is 203 Å². The molecule has 35 heavy (non-hydrogen) atoms. The number of nitrogens with zero attached hydrogens (tertiary/aromatic N) is 8. The number of anilines is 2. The van der Waals surface area contributed by atoms with Crippen LogP contribution in [0, 0.1) is 6.92 Å². The number of hydrogen-bond acceptors (Lipinski definition) is 8. The van der Waals surface area contributed by atoms with E-state index >= 15 is 0 Å². The van der Waals surface area contributed by atoms with Crippen molar-refractivity contribution >= 4 is 35.1 Å². The van der Waals surface area contributed by atoms with Crippen LogP contribution in [0.4, 0.5) is 11.8 Å². The van der Waals surface area contributed by atoms with E-state index < -0.39 is 0 Å². The Bertz CT molecular complexity index is 1390. The number of benzene rings is 1. The third kappa shape index (κ3) is 4.68. The first-order chi connectivity index (χ1) is 17.0. The van der Waals surface area contributed by atoms with Crippen LogP contribution in [0.5, 0.6) is 0 Å². The van der Waals surface area contributed by atoms with E-state index in [9.17, 15) is 4.79 Å². The summed E-state index contributed by atoms with van der Waals surface area (Å²) in [7, 11) is 1.94. The highest BCUT2D eigenvalue weighted by atomic mass is 16.2. The van der Waals surface area contributed by atoms with Gasteiger partial charge in [0, 0.05) is 58.1 Å². The summed E-state index contributed by atoms with van der Waals surface area (Å²) in [6.07, 6.45) is 5.24. The molecule has 4 aromatic rings. The number of hydrogen-bond donors (Lipinski definition) is 1. The molecule has 0 unspecified atom stereocenters. The number of rotatable bonds is 5. The fraction of sp³-hybridized carbons (Fsp3) is 0.280. The van der Waals surface area contributed by atoms with Crippen molar-refractivity contribution in [2.24, 2.45) is 12.1 Å². The molecule has 1 fully saturated rings. The van der Waals surface area contributed by atoms with Gasteiger partial charge < -0.3 is 14.4 Å². The molecule has 0 spiro atoms. The second kappa shape index (κ2) is 9.49. The maximum absolute atomic E-state index is 11.8. The van der Waals surface area contributed by atoms with Gasteiger partial charge in [-0.3, -0.25) is 9.78 Å². The highest BCUT2D eigenvalue weighted by Crippen LogP contribution is 2.30. The van der Waals surface area contributed by atoms with E-state index in [1.165, 1.54) is 0 Å². The summed E-state index contributed by atoms with van der Waals surface area (Å²) in [6.45, 7) is 6.26. The van der Waals surface area contributed by atoms with Crippen molar-refractivity contribution in [2.75, 3.05) is 36.5 Å². The topological polar surface area (TPSA) is 104 Å². The number of aromatic nitrogens is 5. The SMILES string of the molecule is CC(=O)N1CCN(c2nc(N/N=C/c3cccc(C)c3)nc3c2nc(-c2ccncc2)n3C)CC1. The van der Waals surface area contributed by atoms with Crippen molar-refractivity contribution in [3.8, 4) is 11.4 Å². The van der Waals surface area contributed by atoms with Crippen molar-refractivity contribution < 1.29 is 4.79 Å². The highest BCUT2D eigenvalue weighted by molar-refractivity contribution is 5.88. The van der Waals surface area contributed by atoms with E-state index in [-0.39, 0.29) is 5.91 Å². The zero-order chi connectivity index (χ0) is 24.4. The third-order valence-electron chi connectivity index (χ3n) is 6.08. The van der Waals surface area contributed by atoms with Crippen LogP contribution in [-0.4, -0.2) is 67.7 Å². The first-order valence-corrected chi connectivity index (χ1v) is 11.5. The van der Waals surface area contributed by atoms with Gasteiger partial charge in [-0.2, -0.15) is 15.1 Å². The number of piperazine rings is 1. The Kier molecular flexibility index (Phi) is 6.09. The molecule has 0 atom stereocenters. The molecule has 0 bridgehead atoms. The number of hydrazone groups is 1. The monoisotopic (exact) mass is 469 g/mol. The molecule has 0 aliphatic carbocycles. The highest BCUT2D eigenvalue weighted by Gasteiger charge is 2.25. The van der Waals surface area contributed by atoms with Gasteiger partial charge in [-0.25, -0.2) is 10.4 Å². The maximum atomic E-state index is 11.8. The lowest BCUT2D eigenvalue weighted by molar-refractivity contribution is -0.129. The number of fused-ring (bicyclic) bond motifs is 1. The van der Waals surface area contributed by atoms with Crippen LogP contribution in [0.1, 0.15) is 18.1 Å². The Morgan fingerprint density at radius 1 is 1.06 bits per heavy atom. The summed E-state index contributed by atoms with van der Waals surface area (Å²) in [4.78, 5) is 34.3. The van der Waals surface area contributed by atoms with E-state index in [4.69, 9.17) is 15.0 Å². The van der Waals surface area contributed by atoms with Gasteiger partial charge in [-0.15, -0.1) is 0 Å². The van der Waals surface area contributed by atoms with E-state index in [2.05, 4.69) is 26.5 Å². The third-order valence-corrected chi connectivity index (χ3v) is 6.08. The van der Waals surface area contributed by atoms with E-state index in [0.717, 1.165) is 28.3 Å². The molecule has 1 saturated heterocycles. The van der Waals surface area contributed by atoms with E-state index in [1.807, 2.05) is 53.8 Å². The summed E-state index contributed by atoms with van der Waals surface area (Å²) < 4.78 is 1.96. The summed E-state index contributed by atoms with van der Waals surface area (Å²) >= 11 is 0. The average molecular weight is 470 g/mol. The predicted molar refractivity (Wildman–Crippen MR) is 136 cm³/mol. The molecule has 3 aromatic heterocycles. The van der Waals surface area contributed by atoms with Gasteiger partial charge >= 0.3 is 0 Å². The molecule has 178 valence electrons. The quantitative estimate of drug-likeness (QED) is 0.354. The van der Waals surface area contributed by atoms with Crippen LogP contribution in [-0.2, 0) is 11.8 Å². The molecular weight excluding hydrogens is 442 g/mol. The molecule has 0 saturated carbocycles. The van der Waals surface area contributed by atoms with Crippen molar-refractivity contribution in [3.05, 3.63) is 59.9 Å². The van der Waals surface area contributed by atoms with Crippen LogP contribution in [0.15, 0.2) is 53.9 Å². The molecule has 1 N–H and O–H groups in total. The summed E-state index contributed by atoms with van der Waals surface area (Å²) in [6, 6.07) is 11.9. The molecule has 1 aliphatic heterocycles. The Morgan fingerprint density at radius 2 is 1.83 bits per heavy atom. The molecular formula is C25H27N9O. The Hall–Kier alpha value is -4.34. The number of aryl methyl sites for hydroxylation is 2. The molecule has 1 aromatic carbocycles. The van der Waals surface area contributed by atoms with Crippen LogP contribution in [0.25, 0.3) is 22.6 Å². The Balaban J connectivity index is 1.52. The minimum Gasteiger partial charge on any atom is -0.351 e. The minimum absolute atomic E-state index is 0.0862. The average Bonchev–Trinajstić information content (AvgIpc) is 3.20. The van der Waals surface area contributed by atoms with Crippen LogP contribution in [0.2, 0.25) is 0 Å². The molecule has 1 amide bonds. The number of carbonyl (C=O) groups excluding carboxylic acids is 1. The Morgan fingerprint density at radius 3 is 2.54 bits per heavy atom. The molecule has 0 radical (unpaired) electrons. The molecule has 4 heterocycles. The molecule has 5 rings (SSSR count). The predicted octanol–water partition coefficient (Wildman–Crippen LogP) is 2.85. The van der Waals surface area contributed by atoms with Crippen LogP contribution < -0.4 is 10.3 Å². The van der Waals surface area contributed by atoms with Crippen molar-refractivity contribution in [1.82, 2.24) is 29.4 Å². The van der Waals surface area contributed by atoms with Gasteiger partial charge in [-0.05, 0) is 24.6 Å². The standard InChI is InChI=1S/C25H27N9O/c1-17-5-4-6-19(15-17)16-27-31-25-29-23-21(28-22(32(23)3)20-7-9-26-10-8-20)24(30-25)34-13-11-33(12-14-34)18(2)35/h4-10,15-16H,11-14H2,1-3H3,(H,29,30,31)/b27-16+. The first kappa shape index (κ1) is 22.5. The van der Waals surface area contributed by atoms with Crippen LogP contribution >= 0.6 is 0 Å². The lowest BCUT2D eigenvalue weighted by Crippen LogP contribution is -2.48. The number of nitrogens with one attached hydrogen (secondary N) is 1. The molecule has 10 nitrogen and oxygen atoms in total. The number of imidazole rings is 1. The van der Waals surface area contributed by atoms with Crippen LogP contribution in [0.3, 0.4) is 0 Å². The minimum atomic E-state index is 0.0862. The smallest absolute Gasteiger partial charge is 0.247 e. The van der Waals surface area contributed by atoms with Gasteiger partial charge in [0.15, 0.2) is 17.0 Å². The first-order valence-electron chi connectivity index (χ1n) is 11.5. The van der Waals surface area contributed by atoms with Crippen molar-refractivity contribution in [3.63, 3.8) is 0 Å². The summed E-state index contributed by atoms with van der Waals surface area (Å²) in [5, 5.41) is 4.37. The normalized spacial score (nSPS) is 14.1. The summed E-state index contributed by atoms with van der Waals surface area (Å²) in [5.74, 6) is 1.97. The fourth-order valence-corrected chi connectivity index (χ4v) is 4.22. The molecule has 10 heteroatoms. The number of amides is 1. The van der Waals surface area contributed by atoms with Gasteiger partial charge in [0.25, 0.3) is 0 Å². The maximum Gasteiger partial charge on any atom is 0.247 e. The summed E-state index contributed by atoms with van der Waals surface area (Å²) in [5.41, 5.74) is 7.50. The van der Waals surface area contributed by atoms with Gasteiger partial charge in [0.2, 0.25) is 11.9 Å². The van der Waals surface area contributed by atoms with E-state index in [0.29, 0.717) is 43.3 Å². The molecule has 1 aliphatic rings. The van der Waals surface area contributed by atoms with Gasteiger partial charge in [0.1, 0.15) is 5.82 Å². The van der Waals surface area contributed by atoms with E-state index in [1.54, 1.807) is 25.5 Å². The van der Waals surface area contributed by atoms with Gasteiger partial charge in [-0.1, -0.05) is 29.8 Å². The number of pyridine rings is 1. The van der Waals surface area contributed by atoms with Crippen molar-refractivity contribution in [2.45, 2.75) is 13.8 Å². The fourth-order valence-electron chi connectivity index (χ4n) is 4.22. The zero-order valence-corrected chi connectivity index (χ0v) is 20.0. The number of carbonyl (C=O) groups is 1. The zero-order valence-electron chi connectivity index (χ0n) is 20.0. The lowest BCUT2D eigenvalue weighted by atomic mass is 10.2.